The molecule has 2 N–H and O–H groups in total. The molecule has 0 aliphatic heterocycles. The third-order valence-electron chi connectivity index (χ3n) is 3.78. The molecule has 0 radical (unpaired) electrons. The van der Waals surface area contributed by atoms with E-state index in [4.69, 9.17) is 9.47 Å². The summed E-state index contributed by atoms with van der Waals surface area (Å²) in [5.74, 6) is 0.978. The minimum absolute atomic E-state index is 0.239. The van der Waals surface area contributed by atoms with Crippen LogP contribution in [0.3, 0.4) is 0 Å². The highest BCUT2D eigenvalue weighted by molar-refractivity contribution is 5.95. The molecule has 0 aromatic heterocycles. The summed E-state index contributed by atoms with van der Waals surface area (Å²) in [6, 6.07) is 14.6. The molecule has 2 aromatic carbocycles. The number of anilines is 1. The van der Waals surface area contributed by atoms with Crippen molar-refractivity contribution in [3.8, 4) is 11.5 Å². The van der Waals surface area contributed by atoms with Gasteiger partial charge in [0.15, 0.2) is 11.5 Å². The smallest absolute Gasteiger partial charge is 0.269 e. The van der Waals surface area contributed by atoms with Gasteiger partial charge in [-0.3, -0.25) is 15.6 Å². The zero-order chi connectivity index (χ0) is 17.9. The van der Waals surface area contributed by atoms with Gasteiger partial charge in [0, 0.05) is 5.56 Å². The number of benzene rings is 2. The maximum atomic E-state index is 12.3. The molecule has 5 heteroatoms. The molecule has 0 atom stereocenters. The van der Waals surface area contributed by atoms with E-state index in [-0.39, 0.29) is 5.91 Å². The van der Waals surface area contributed by atoms with Crippen LogP contribution in [0.5, 0.6) is 11.5 Å². The predicted octanol–water partition coefficient (Wildman–Crippen LogP) is 4.41. The zero-order valence-corrected chi connectivity index (χ0v) is 14.9. The highest BCUT2D eigenvalue weighted by Crippen LogP contribution is 2.28. The zero-order valence-electron chi connectivity index (χ0n) is 14.9. The number of nitrogens with one attached hydrogen (secondary N) is 2. The van der Waals surface area contributed by atoms with Crippen LogP contribution in [0.1, 0.15) is 43.0 Å². The summed E-state index contributed by atoms with van der Waals surface area (Å²) in [4.78, 5) is 12.3. The number of carbonyl (C=O) groups is 1. The highest BCUT2D eigenvalue weighted by atomic mass is 16.5. The molecule has 0 aliphatic rings. The highest BCUT2D eigenvalue weighted by Gasteiger charge is 2.11. The van der Waals surface area contributed by atoms with Crippen LogP contribution in [0.25, 0.3) is 0 Å². The van der Waals surface area contributed by atoms with E-state index in [0.29, 0.717) is 23.7 Å². The molecule has 134 valence electrons. The van der Waals surface area contributed by atoms with Gasteiger partial charge in [0.2, 0.25) is 0 Å². The number of amides is 1. The van der Waals surface area contributed by atoms with E-state index in [1.54, 1.807) is 25.3 Å². The van der Waals surface area contributed by atoms with Crippen molar-refractivity contribution >= 4 is 11.6 Å². The van der Waals surface area contributed by atoms with Gasteiger partial charge in [-0.15, -0.1) is 0 Å². The number of para-hydroxylation sites is 1. The maximum absolute atomic E-state index is 12.3. The molecule has 0 heterocycles. The molecular formula is C20H26N2O3. The SMILES string of the molecule is CCCCCCOc1ccc(C(=O)NNc2ccccc2)cc1OC. The van der Waals surface area contributed by atoms with Crippen molar-refractivity contribution in [2.24, 2.45) is 0 Å². The van der Waals surface area contributed by atoms with Crippen molar-refractivity contribution in [1.29, 1.82) is 0 Å². The first-order chi connectivity index (χ1) is 12.2. The van der Waals surface area contributed by atoms with Gasteiger partial charge in [0.05, 0.1) is 19.4 Å². The first kappa shape index (κ1) is 18.6. The van der Waals surface area contributed by atoms with Gasteiger partial charge >= 0.3 is 0 Å². The normalized spacial score (nSPS) is 10.2. The summed E-state index contributed by atoms with van der Waals surface area (Å²) >= 11 is 0. The second-order valence-electron chi connectivity index (χ2n) is 5.72. The van der Waals surface area contributed by atoms with Crippen molar-refractivity contribution in [2.75, 3.05) is 19.1 Å². The monoisotopic (exact) mass is 342 g/mol. The number of hydrogen-bond donors (Lipinski definition) is 2. The molecule has 0 fully saturated rings. The number of carbonyl (C=O) groups excluding carboxylic acids is 1. The number of hydrogen-bond acceptors (Lipinski definition) is 4. The lowest BCUT2D eigenvalue weighted by Gasteiger charge is -2.13. The van der Waals surface area contributed by atoms with Crippen molar-refractivity contribution in [2.45, 2.75) is 32.6 Å². The molecule has 2 rings (SSSR count). The van der Waals surface area contributed by atoms with Gasteiger partial charge in [0.1, 0.15) is 0 Å². The Morgan fingerprint density at radius 1 is 1.00 bits per heavy atom. The first-order valence-corrected chi connectivity index (χ1v) is 8.67. The van der Waals surface area contributed by atoms with Gasteiger partial charge < -0.3 is 9.47 Å². The van der Waals surface area contributed by atoms with Crippen LogP contribution in [0.2, 0.25) is 0 Å². The van der Waals surface area contributed by atoms with E-state index in [9.17, 15) is 4.79 Å². The minimum atomic E-state index is -0.239. The summed E-state index contributed by atoms with van der Waals surface area (Å²) in [5.41, 5.74) is 6.86. The number of methoxy groups -OCH3 is 1. The van der Waals surface area contributed by atoms with E-state index in [1.165, 1.54) is 12.8 Å². The molecule has 2 aromatic rings. The van der Waals surface area contributed by atoms with Crippen LogP contribution in [-0.4, -0.2) is 19.6 Å². The van der Waals surface area contributed by atoms with Crippen LogP contribution in [0.15, 0.2) is 48.5 Å². The summed E-state index contributed by atoms with van der Waals surface area (Å²) < 4.78 is 11.1. The Morgan fingerprint density at radius 2 is 1.80 bits per heavy atom. The second kappa shape index (κ2) is 10.2. The lowest BCUT2D eigenvalue weighted by atomic mass is 10.2. The van der Waals surface area contributed by atoms with E-state index in [1.807, 2.05) is 30.3 Å². The van der Waals surface area contributed by atoms with Crippen LogP contribution in [-0.2, 0) is 0 Å². The standard InChI is InChI=1S/C20H26N2O3/c1-3-4-5-9-14-25-18-13-12-16(15-19(18)24-2)20(23)22-21-17-10-7-6-8-11-17/h6-8,10-13,15,21H,3-5,9,14H2,1-2H3,(H,22,23). The average molecular weight is 342 g/mol. The summed E-state index contributed by atoms with van der Waals surface area (Å²) in [7, 11) is 1.57. The number of rotatable bonds is 10. The van der Waals surface area contributed by atoms with Crippen LogP contribution in [0, 0.1) is 0 Å². The summed E-state index contributed by atoms with van der Waals surface area (Å²) in [6.45, 7) is 2.83. The number of hydrazine groups is 1. The molecule has 1 amide bonds. The Morgan fingerprint density at radius 3 is 2.52 bits per heavy atom. The van der Waals surface area contributed by atoms with E-state index < -0.39 is 0 Å². The molecule has 0 unspecified atom stereocenters. The lowest BCUT2D eigenvalue weighted by molar-refractivity contribution is 0.0962. The third kappa shape index (κ3) is 6.03. The second-order valence-corrected chi connectivity index (χ2v) is 5.72. The van der Waals surface area contributed by atoms with Gasteiger partial charge in [-0.2, -0.15) is 0 Å². The summed E-state index contributed by atoms with van der Waals surface area (Å²) in [5, 5.41) is 0. The average Bonchev–Trinajstić information content (AvgIpc) is 2.66. The molecule has 5 nitrogen and oxygen atoms in total. The van der Waals surface area contributed by atoms with Gasteiger partial charge in [0.25, 0.3) is 5.91 Å². The molecule has 0 saturated heterocycles. The van der Waals surface area contributed by atoms with Crippen molar-refractivity contribution < 1.29 is 14.3 Å². The van der Waals surface area contributed by atoms with Gasteiger partial charge in [-0.05, 0) is 36.8 Å². The largest absolute Gasteiger partial charge is 0.493 e. The van der Waals surface area contributed by atoms with Crippen LogP contribution in [0.4, 0.5) is 5.69 Å². The number of unbranched alkanes of at least 4 members (excludes halogenated alkanes) is 3. The Kier molecular flexibility index (Phi) is 7.63. The fraction of sp³-hybridized carbons (Fsp3) is 0.350. The predicted molar refractivity (Wildman–Crippen MR) is 100 cm³/mol. The Balaban J connectivity index is 1.91. The minimum Gasteiger partial charge on any atom is -0.493 e. The molecule has 0 bridgehead atoms. The number of ether oxygens (including phenoxy) is 2. The van der Waals surface area contributed by atoms with Gasteiger partial charge in [-0.1, -0.05) is 44.4 Å². The van der Waals surface area contributed by atoms with Crippen molar-refractivity contribution in [3.63, 3.8) is 0 Å². The Hall–Kier alpha value is -2.69. The maximum Gasteiger partial charge on any atom is 0.269 e. The fourth-order valence-corrected chi connectivity index (χ4v) is 2.36. The quantitative estimate of drug-likeness (QED) is 0.496. The molecule has 0 aliphatic carbocycles. The first-order valence-electron chi connectivity index (χ1n) is 8.67. The van der Waals surface area contributed by atoms with Crippen LogP contribution >= 0.6 is 0 Å². The van der Waals surface area contributed by atoms with Crippen molar-refractivity contribution in [3.05, 3.63) is 54.1 Å². The van der Waals surface area contributed by atoms with E-state index >= 15 is 0 Å². The van der Waals surface area contributed by atoms with Crippen molar-refractivity contribution in [1.82, 2.24) is 5.43 Å². The van der Waals surface area contributed by atoms with Gasteiger partial charge in [-0.25, -0.2) is 0 Å². The topological polar surface area (TPSA) is 59.6 Å². The fourth-order valence-electron chi connectivity index (χ4n) is 2.36. The Labute approximate surface area is 149 Å². The molecular weight excluding hydrogens is 316 g/mol. The van der Waals surface area contributed by atoms with E-state index in [2.05, 4.69) is 17.8 Å². The Bertz CT molecular complexity index is 659. The van der Waals surface area contributed by atoms with Crippen LogP contribution < -0.4 is 20.3 Å². The van der Waals surface area contributed by atoms with E-state index in [0.717, 1.165) is 18.5 Å². The third-order valence-corrected chi connectivity index (χ3v) is 3.78. The molecule has 25 heavy (non-hydrogen) atoms. The molecule has 0 spiro atoms. The summed E-state index contributed by atoms with van der Waals surface area (Å²) in [6.07, 6.45) is 4.59. The lowest BCUT2D eigenvalue weighted by Crippen LogP contribution is -2.29. The molecule has 0 saturated carbocycles.